The van der Waals surface area contributed by atoms with Crippen LogP contribution in [-0.2, 0) is 0 Å². The molecular formula is C11H17NO2. The van der Waals surface area contributed by atoms with E-state index in [1.54, 1.807) is 0 Å². The second-order valence-electron chi connectivity index (χ2n) is 3.09. The van der Waals surface area contributed by atoms with Crippen LogP contribution in [0, 0.1) is 6.92 Å². The molecule has 0 saturated carbocycles. The molecule has 1 rings (SSSR count). The van der Waals surface area contributed by atoms with Gasteiger partial charge in [-0.3, -0.25) is 0 Å². The van der Waals surface area contributed by atoms with E-state index in [-0.39, 0.29) is 6.61 Å². The molecule has 78 valence electrons. The molecule has 0 aromatic heterocycles. The minimum absolute atomic E-state index is 0.171. The highest BCUT2D eigenvalue weighted by Gasteiger charge is 1.96. The Morgan fingerprint density at radius 1 is 1.29 bits per heavy atom. The average Bonchev–Trinajstić information content (AvgIpc) is 2.20. The molecule has 0 aliphatic rings. The van der Waals surface area contributed by atoms with Gasteiger partial charge in [0, 0.05) is 13.1 Å². The summed E-state index contributed by atoms with van der Waals surface area (Å²) in [6.45, 7) is 4.21. The number of rotatable bonds is 6. The van der Waals surface area contributed by atoms with Gasteiger partial charge in [0.15, 0.2) is 0 Å². The highest BCUT2D eigenvalue weighted by atomic mass is 16.5. The van der Waals surface area contributed by atoms with Crippen molar-refractivity contribution in [3.63, 3.8) is 0 Å². The van der Waals surface area contributed by atoms with E-state index in [1.165, 1.54) is 0 Å². The SMILES string of the molecule is Cc1ccccc1OCCNCCO. The number of para-hydroxylation sites is 1. The molecule has 0 unspecified atom stereocenters. The van der Waals surface area contributed by atoms with Gasteiger partial charge in [-0.15, -0.1) is 0 Å². The minimum atomic E-state index is 0.171. The van der Waals surface area contributed by atoms with Crippen molar-refractivity contribution in [3.8, 4) is 5.75 Å². The van der Waals surface area contributed by atoms with E-state index in [1.807, 2.05) is 31.2 Å². The molecule has 2 N–H and O–H groups in total. The number of benzene rings is 1. The molecule has 1 aromatic carbocycles. The van der Waals surface area contributed by atoms with Crippen LogP contribution in [0.25, 0.3) is 0 Å². The van der Waals surface area contributed by atoms with E-state index >= 15 is 0 Å². The van der Waals surface area contributed by atoms with Crippen LogP contribution < -0.4 is 10.1 Å². The Morgan fingerprint density at radius 3 is 2.79 bits per heavy atom. The Bertz CT molecular complexity index is 263. The van der Waals surface area contributed by atoms with Crippen LogP contribution in [0.3, 0.4) is 0 Å². The Kier molecular flexibility index (Phi) is 5.04. The number of hydrogen-bond donors (Lipinski definition) is 2. The fourth-order valence-corrected chi connectivity index (χ4v) is 1.16. The molecule has 3 nitrogen and oxygen atoms in total. The summed E-state index contributed by atoms with van der Waals surface area (Å²) in [5, 5.41) is 11.6. The monoisotopic (exact) mass is 195 g/mol. The molecule has 3 heteroatoms. The van der Waals surface area contributed by atoms with Crippen LogP contribution in [0.5, 0.6) is 5.75 Å². The molecule has 0 bridgehead atoms. The average molecular weight is 195 g/mol. The van der Waals surface area contributed by atoms with E-state index in [2.05, 4.69) is 5.32 Å². The van der Waals surface area contributed by atoms with E-state index in [0.29, 0.717) is 13.2 Å². The third-order valence-corrected chi connectivity index (χ3v) is 1.92. The lowest BCUT2D eigenvalue weighted by Gasteiger charge is -2.08. The van der Waals surface area contributed by atoms with Gasteiger partial charge >= 0.3 is 0 Å². The van der Waals surface area contributed by atoms with E-state index in [0.717, 1.165) is 17.9 Å². The van der Waals surface area contributed by atoms with Crippen LogP contribution in [0.2, 0.25) is 0 Å². The Labute approximate surface area is 84.7 Å². The lowest BCUT2D eigenvalue weighted by Crippen LogP contribution is -2.24. The Hall–Kier alpha value is -1.06. The topological polar surface area (TPSA) is 41.5 Å². The highest BCUT2D eigenvalue weighted by Crippen LogP contribution is 2.15. The van der Waals surface area contributed by atoms with Crippen molar-refractivity contribution in [2.45, 2.75) is 6.92 Å². The number of hydrogen-bond acceptors (Lipinski definition) is 3. The van der Waals surface area contributed by atoms with Gasteiger partial charge in [0.05, 0.1) is 6.61 Å². The van der Waals surface area contributed by atoms with Crippen molar-refractivity contribution in [3.05, 3.63) is 29.8 Å². The quantitative estimate of drug-likeness (QED) is 0.664. The van der Waals surface area contributed by atoms with Crippen LogP contribution in [0.1, 0.15) is 5.56 Å². The summed E-state index contributed by atoms with van der Waals surface area (Å²) < 4.78 is 5.54. The summed E-state index contributed by atoms with van der Waals surface area (Å²) in [7, 11) is 0. The van der Waals surface area contributed by atoms with Crippen LogP contribution >= 0.6 is 0 Å². The van der Waals surface area contributed by atoms with Crippen LogP contribution in [0.4, 0.5) is 0 Å². The first-order valence-corrected chi connectivity index (χ1v) is 4.84. The van der Waals surface area contributed by atoms with E-state index in [4.69, 9.17) is 9.84 Å². The molecule has 0 saturated heterocycles. The number of nitrogens with one attached hydrogen (secondary N) is 1. The number of aliphatic hydroxyl groups excluding tert-OH is 1. The van der Waals surface area contributed by atoms with Crippen molar-refractivity contribution >= 4 is 0 Å². The third-order valence-electron chi connectivity index (χ3n) is 1.92. The zero-order valence-electron chi connectivity index (χ0n) is 8.49. The molecule has 0 aliphatic heterocycles. The summed E-state index contributed by atoms with van der Waals surface area (Å²) in [5.74, 6) is 0.929. The van der Waals surface area contributed by atoms with E-state index < -0.39 is 0 Å². The second-order valence-corrected chi connectivity index (χ2v) is 3.09. The molecule has 1 aromatic rings. The molecule has 0 amide bonds. The third kappa shape index (κ3) is 3.77. The minimum Gasteiger partial charge on any atom is -0.492 e. The molecular weight excluding hydrogens is 178 g/mol. The van der Waals surface area contributed by atoms with Crippen LogP contribution in [0.15, 0.2) is 24.3 Å². The number of ether oxygens (including phenoxy) is 1. The summed E-state index contributed by atoms with van der Waals surface area (Å²) in [6, 6.07) is 7.94. The summed E-state index contributed by atoms with van der Waals surface area (Å²) in [5.41, 5.74) is 1.15. The molecule has 0 heterocycles. The summed E-state index contributed by atoms with van der Waals surface area (Å²) >= 11 is 0. The van der Waals surface area contributed by atoms with Gasteiger partial charge in [-0.1, -0.05) is 18.2 Å². The predicted octanol–water partition coefficient (Wildman–Crippen LogP) is 0.956. The molecule has 0 spiro atoms. The molecule has 14 heavy (non-hydrogen) atoms. The smallest absolute Gasteiger partial charge is 0.122 e. The maximum atomic E-state index is 8.52. The highest BCUT2D eigenvalue weighted by molar-refractivity contribution is 5.31. The second kappa shape index (κ2) is 6.40. The Balaban J connectivity index is 2.21. The number of aliphatic hydroxyl groups is 1. The van der Waals surface area contributed by atoms with Crippen molar-refractivity contribution in [2.75, 3.05) is 26.3 Å². The summed E-state index contributed by atoms with van der Waals surface area (Å²) in [4.78, 5) is 0. The molecule has 0 fully saturated rings. The lowest BCUT2D eigenvalue weighted by atomic mass is 10.2. The molecule has 0 aliphatic carbocycles. The van der Waals surface area contributed by atoms with Gasteiger partial charge in [0.1, 0.15) is 12.4 Å². The zero-order chi connectivity index (χ0) is 10.2. The number of aryl methyl sites for hydroxylation is 1. The van der Waals surface area contributed by atoms with Gasteiger partial charge in [-0.25, -0.2) is 0 Å². The Morgan fingerprint density at radius 2 is 2.07 bits per heavy atom. The first-order valence-electron chi connectivity index (χ1n) is 4.84. The fraction of sp³-hybridized carbons (Fsp3) is 0.455. The van der Waals surface area contributed by atoms with E-state index in [9.17, 15) is 0 Å². The van der Waals surface area contributed by atoms with Crippen molar-refractivity contribution < 1.29 is 9.84 Å². The first kappa shape index (κ1) is 11.0. The van der Waals surface area contributed by atoms with Gasteiger partial charge in [0.2, 0.25) is 0 Å². The van der Waals surface area contributed by atoms with Gasteiger partial charge < -0.3 is 15.2 Å². The maximum absolute atomic E-state index is 8.52. The first-order chi connectivity index (χ1) is 6.84. The normalized spacial score (nSPS) is 10.1. The standard InChI is InChI=1S/C11H17NO2/c1-10-4-2-3-5-11(10)14-9-7-12-6-8-13/h2-5,12-13H,6-9H2,1H3. The van der Waals surface area contributed by atoms with Crippen molar-refractivity contribution in [2.24, 2.45) is 0 Å². The van der Waals surface area contributed by atoms with Gasteiger partial charge in [0.25, 0.3) is 0 Å². The van der Waals surface area contributed by atoms with Crippen molar-refractivity contribution in [1.29, 1.82) is 0 Å². The van der Waals surface area contributed by atoms with Gasteiger partial charge in [-0.05, 0) is 18.6 Å². The maximum Gasteiger partial charge on any atom is 0.122 e. The van der Waals surface area contributed by atoms with Gasteiger partial charge in [-0.2, -0.15) is 0 Å². The van der Waals surface area contributed by atoms with Crippen molar-refractivity contribution in [1.82, 2.24) is 5.32 Å². The molecule has 0 atom stereocenters. The predicted molar refractivity (Wildman–Crippen MR) is 56.6 cm³/mol. The fourth-order valence-electron chi connectivity index (χ4n) is 1.16. The largest absolute Gasteiger partial charge is 0.492 e. The summed E-state index contributed by atoms with van der Waals surface area (Å²) in [6.07, 6.45) is 0. The molecule has 0 radical (unpaired) electrons. The zero-order valence-corrected chi connectivity index (χ0v) is 8.49. The van der Waals surface area contributed by atoms with Crippen LogP contribution in [-0.4, -0.2) is 31.4 Å². The lowest BCUT2D eigenvalue weighted by molar-refractivity contribution is 0.275.